The van der Waals surface area contributed by atoms with Gasteiger partial charge in [-0.3, -0.25) is 9.69 Å². The second-order valence-corrected chi connectivity index (χ2v) is 10.3. The number of aryl methyl sites for hydroxylation is 2. The summed E-state index contributed by atoms with van der Waals surface area (Å²) in [7, 11) is 2.03. The molecule has 0 bridgehead atoms. The Kier molecular flexibility index (Phi) is 6.04. The fourth-order valence-corrected chi connectivity index (χ4v) is 6.40. The summed E-state index contributed by atoms with van der Waals surface area (Å²) in [6.07, 6.45) is 0.783. The first-order valence-electron chi connectivity index (χ1n) is 11.0. The number of amidine groups is 1. The van der Waals surface area contributed by atoms with Gasteiger partial charge >= 0.3 is 0 Å². The van der Waals surface area contributed by atoms with Crippen molar-refractivity contribution >= 4 is 46.0 Å². The summed E-state index contributed by atoms with van der Waals surface area (Å²) >= 11 is 3.14. The lowest BCUT2D eigenvalue weighted by Gasteiger charge is -2.17. The Balaban J connectivity index is 1.52. The molecule has 0 N–H and O–H groups in total. The van der Waals surface area contributed by atoms with Gasteiger partial charge in [-0.1, -0.05) is 71.9 Å². The number of amides is 1. The fraction of sp³-hybridized carbons (Fsp3) is 0.185. The van der Waals surface area contributed by atoms with E-state index in [9.17, 15) is 4.79 Å². The molecule has 0 radical (unpaired) electrons. The van der Waals surface area contributed by atoms with Crippen molar-refractivity contribution in [2.75, 3.05) is 18.5 Å². The van der Waals surface area contributed by atoms with Crippen LogP contribution in [0.15, 0.2) is 92.6 Å². The molecule has 0 saturated carbocycles. The van der Waals surface area contributed by atoms with Gasteiger partial charge in [0.2, 0.25) is 0 Å². The molecule has 0 spiro atoms. The van der Waals surface area contributed by atoms with Crippen LogP contribution in [-0.4, -0.2) is 29.6 Å². The van der Waals surface area contributed by atoms with E-state index in [0.717, 1.165) is 38.5 Å². The minimum atomic E-state index is 0.0293. The largest absolute Gasteiger partial charge is 0.337 e. The van der Waals surface area contributed by atoms with Crippen LogP contribution in [0, 0.1) is 13.8 Å². The van der Waals surface area contributed by atoms with Crippen LogP contribution in [-0.2, 0) is 11.2 Å². The molecular formula is C27H25N3OS2. The number of para-hydroxylation sites is 1. The number of fused-ring (bicyclic) bond motifs is 1. The molecule has 0 unspecified atom stereocenters. The van der Waals surface area contributed by atoms with E-state index in [2.05, 4.69) is 55.1 Å². The van der Waals surface area contributed by atoms with Gasteiger partial charge in [0, 0.05) is 18.5 Å². The summed E-state index contributed by atoms with van der Waals surface area (Å²) in [4.78, 5) is 24.5. The van der Waals surface area contributed by atoms with Gasteiger partial charge in [-0.15, -0.1) is 0 Å². The third-order valence-corrected chi connectivity index (χ3v) is 8.26. The monoisotopic (exact) mass is 471 g/mol. The highest BCUT2D eigenvalue weighted by Crippen LogP contribution is 2.50. The number of carbonyl (C=O) groups excluding carboxylic acids is 1. The first-order chi connectivity index (χ1) is 16.0. The van der Waals surface area contributed by atoms with Gasteiger partial charge in [0.25, 0.3) is 5.91 Å². The lowest BCUT2D eigenvalue weighted by Crippen LogP contribution is -2.31. The summed E-state index contributed by atoms with van der Waals surface area (Å²) in [5.74, 6) is 0.0293. The standard InChI is InChI=1S/C27H25N3OS2/c1-18-13-14-21(19(2)17-18)28-27-30(16-15-20-9-5-4-6-10-20)25(31)24(33-27)26-29(3)22-11-7-8-12-23(22)32-26/h4-14,17H,15-16H2,1-3H3. The normalized spacial score (nSPS) is 19.0. The zero-order valence-electron chi connectivity index (χ0n) is 18.9. The van der Waals surface area contributed by atoms with Crippen LogP contribution in [0.1, 0.15) is 16.7 Å². The van der Waals surface area contributed by atoms with Crippen LogP contribution in [0.25, 0.3) is 0 Å². The second kappa shape index (κ2) is 9.12. The summed E-state index contributed by atoms with van der Waals surface area (Å²) in [5.41, 5.74) is 5.56. The van der Waals surface area contributed by atoms with Gasteiger partial charge in [-0.05, 0) is 61.4 Å². The summed E-state index contributed by atoms with van der Waals surface area (Å²) in [5, 5.41) is 1.72. The predicted octanol–water partition coefficient (Wildman–Crippen LogP) is 6.52. The van der Waals surface area contributed by atoms with E-state index in [-0.39, 0.29) is 5.91 Å². The van der Waals surface area contributed by atoms with Crippen molar-refractivity contribution in [2.45, 2.75) is 25.2 Å². The summed E-state index contributed by atoms with van der Waals surface area (Å²) in [6, 6.07) is 24.8. The van der Waals surface area contributed by atoms with E-state index in [0.29, 0.717) is 6.54 Å². The Hall–Kier alpha value is -2.96. The van der Waals surface area contributed by atoms with Gasteiger partial charge in [-0.25, -0.2) is 4.99 Å². The molecule has 1 amide bonds. The van der Waals surface area contributed by atoms with E-state index < -0.39 is 0 Å². The van der Waals surface area contributed by atoms with E-state index in [4.69, 9.17) is 4.99 Å². The molecule has 0 atom stereocenters. The molecule has 3 aromatic carbocycles. The Morgan fingerprint density at radius 2 is 1.67 bits per heavy atom. The van der Waals surface area contributed by atoms with Crippen molar-refractivity contribution in [3.8, 4) is 0 Å². The average Bonchev–Trinajstić information content (AvgIpc) is 3.31. The summed E-state index contributed by atoms with van der Waals surface area (Å²) < 4.78 is 0. The third kappa shape index (κ3) is 4.33. The van der Waals surface area contributed by atoms with Gasteiger partial charge in [0.05, 0.1) is 16.4 Å². The van der Waals surface area contributed by atoms with E-state index in [1.807, 2.05) is 48.3 Å². The molecule has 4 nitrogen and oxygen atoms in total. The maximum atomic E-state index is 13.7. The first-order valence-corrected chi connectivity index (χ1v) is 12.6. The van der Waals surface area contributed by atoms with Crippen LogP contribution in [0.3, 0.4) is 0 Å². The molecule has 0 aliphatic carbocycles. The van der Waals surface area contributed by atoms with Crippen LogP contribution in [0.5, 0.6) is 0 Å². The zero-order chi connectivity index (χ0) is 22.9. The van der Waals surface area contributed by atoms with E-state index in [1.165, 1.54) is 27.8 Å². The number of rotatable bonds is 4. The minimum Gasteiger partial charge on any atom is -0.337 e. The van der Waals surface area contributed by atoms with Crippen molar-refractivity contribution in [1.29, 1.82) is 0 Å². The molecule has 6 heteroatoms. The molecule has 0 aromatic heterocycles. The van der Waals surface area contributed by atoms with Crippen LogP contribution < -0.4 is 4.90 Å². The smallest absolute Gasteiger partial charge is 0.269 e. The van der Waals surface area contributed by atoms with E-state index >= 15 is 0 Å². The predicted molar refractivity (Wildman–Crippen MR) is 140 cm³/mol. The number of nitrogens with zero attached hydrogens (tertiary/aromatic N) is 3. The first kappa shape index (κ1) is 21.9. The molecular weight excluding hydrogens is 446 g/mol. The number of thioether (sulfide) groups is 2. The van der Waals surface area contributed by atoms with Gasteiger partial charge < -0.3 is 4.90 Å². The molecule has 33 heavy (non-hydrogen) atoms. The minimum absolute atomic E-state index is 0.0293. The molecule has 166 valence electrons. The molecule has 5 rings (SSSR count). The molecule has 2 aliphatic heterocycles. The van der Waals surface area contributed by atoms with Crippen molar-refractivity contribution in [3.05, 3.63) is 99.4 Å². The second-order valence-electron chi connectivity index (χ2n) is 8.24. The van der Waals surface area contributed by atoms with E-state index in [1.54, 1.807) is 11.8 Å². The maximum Gasteiger partial charge on any atom is 0.269 e. The number of anilines is 1. The lowest BCUT2D eigenvalue weighted by molar-refractivity contribution is -0.122. The topological polar surface area (TPSA) is 35.9 Å². The van der Waals surface area contributed by atoms with Crippen LogP contribution in [0.4, 0.5) is 11.4 Å². The Morgan fingerprint density at radius 1 is 0.909 bits per heavy atom. The number of aliphatic imine (C=N–C) groups is 1. The summed E-state index contributed by atoms with van der Waals surface area (Å²) in [6.45, 7) is 4.74. The highest BCUT2D eigenvalue weighted by molar-refractivity contribution is 8.19. The molecule has 2 aliphatic rings. The quantitative estimate of drug-likeness (QED) is 0.406. The van der Waals surface area contributed by atoms with Gasteiger partial charge in [0.1, 0.15) is 4.91 Å². The van der Waals surface area contributed by atoms with Crippen molar-refractivity contribution < 1.29 is 4.79 Å². The molecule has 3 aromatic rings. The van der Waals surface area contributed by atoms with Gasteiger partial charge in [-0.2, -0.15) is 0 Å². The van der Waals surface area contributed by atoms with Crippen LogP contribution in [0.2, 0.25) is 0 Å². The third-order valence-electron chi connectivity index (χ3n) is 5.83. The lowest BCUT2D eigenvalue weighted by atomic mass is 10.1. The van der Waals surface area contributed by atoms with Gasteiger partial charge in [0.15, 0.2) is 5.17 Å². The molecule has 1 fully saturated rings. The number of hydrogen-bond acceptors (Lipinski definition) is 5. The number of benzene rings is 3. The van der Waals surface area contributed by atoms with Crippen molar-refractivity contribution in [1.82, 2.24) is 4.90 Å². The zero-order valence-corrected chi connectivity index (χ0v) is 20.5. The molecule has 2 heterocycles. The Labute approximate surface area is 203 Å². The average molecular weight is 472 g/mol. The molecule has 1 saturated heterocycles. The SMILES string of the molecule is Cc1ccc(N=C2SC(=C3Sc4ccccc4N3C)C(=O)N2CCc2ccccc2)c(C)c1. The fourth-order valence-electron chi connectivity index (χ4n) is 4.04. The highest BCUT2D eigenvalue weighted by atomic mass is 32.2. The van der Waals surface area contributed by atoms with Crippen molar-refractivity contribution in [2.24, 2.45) is 4.99 Å². The number of carbonyl (C=O) groups is 1. The Bertz CT molecular complexity index is 1280. The highest BCUT2D eigenvalue weighted by Gasteiger charge is 2.39. The maximum absolute atomic E-state index is 13.7. The number of hydrogen-bond donors (Lipinski definition) is 0. The van der Waals surface area contributed by atoms with Crippen molar-refractivity contribution in [3.63, 3.8) is 0 Å². The Morgan fingerprint density at radius 3 is 2.42 bits per heavy atom. The van der Waals surface area contributed by atoms with Crippen LogP contribution >= 0.6 is 23.5 Å².